The summed E-state index contributed by atoms with van der Waals surface area (Å²) in [6.45, 7) is 0. The van der Waals surface area contributed by atoms with Crippen LogP contribution in [0.5, 0.6) is 5.75 Å². The van der Waals surface area contributed by atoms with Gasteiger partial charge < -0.3 is 20.8 Å². The highest BCUT2D eigenvalue weighted by Crippen LogP contribution is 2.38. The molecule has 29 heavy (non-hydrogen) atoms. The van der Waals surface area contributed by atoms with E-state index in [2.05, 4.69) is 10.6 Å². The monoisotopic (exact) mass is 386 g/mol. The zero-order valence-corrected chi connectivity index (χ0v) is 15.3. The Labute approximate surface area is 167 Å². The molecule has 4 rings (SSSR count). The minimum Gasteiger partial charge on any atom is -0.507 e. The zero-order valence-electron chi connectivity index (χ0n) is 15.3. The Morgan fingerprint density at radius 2 is 1.48 bits per heavy atom. The van der Waals surface area contributed by atoms with Gasteiger partial charge in [0.15, 0.2) is 0 Å². The summed E-state index contributed by atoms with van der Waals surface area (Å²) >= 11 is 0. The first-order chi connectivity index (χ1) is 14.0. The second kappa shape index (κ2) is 7.52. The summed E-state index contributed by atoms with van der Waals surface area (Å²) in [6.07, 6.45) is 0. The largest absolute Gasteiger partial charge is 0.507 e. The van der Waals surface area contributed by atoms with Gasteiger partial charge in [-0.1, -0.05) is 66.7 Å². The smallest absolute Gasteiger partial charge is 0.339 e. The topological polar surface area (TPSA) is 98.7 Å². The van der Waals surface area contributed by atoms with E-state index in [1.807, 2.05) is 60.7 Å². The molecule has 3 aromatic carbocycles. The molecule has 1 heterocycles. The van der Waals surface area contributed by atoms with Gasteiger partial charge in [-0.3, -0.25) is 0 Å². The van der Waals surface area contributed by atoms with Crippen molar-refractivity contribution in [3.63, 3.8) is 0 Å². The Morgan fingerprint density at radius 3 is 2.10 bits per heavy atom. The molecule has 1 aliphatic heterocycles. The number of hydrogen-bond donors (Lipinski definition) is 4. The van der Waals surface area contributed by atoms with Gasteiger partial charge in [-0.25, -0.2) is 9.59 Å². The number of phenols is 1. The summed E-state index contributed by atoms with van der Waals surface area (Å²) in [6, 6.07) is 22.4. The average molecular weight is 386 g/mol. The summed E-state index contributed by atoms with van der Waals surface area (Å²) in [5, 5.41) is 25.0. The molecule has 1 unspecified atom stereocenters. The molecule has 1 atom stereocenters. The quantitative estimate of drug-likeness (QED) is 0.544. The van der Waals surface area contributed by atoms with E-state index < -0.39 is 18.0 Å². The van der Waals surface area contributed by atoms with Crippen LogP contribution in [0.4, 0.5) is 4.79 Å². The molecule has 2 amide bonds. The Kier molecular flexibility index (Phi) is 4.75. The molecular formula is C23H18N2O4. The standard InChI is InChI=1S/C23H18N2O4/c26-18-12-11-16(13-17(18)22(27)28)21-19(14-7-3-1-4-8-14)20(24-23(29)25-21)15-9-5-2-6-10-15/h1-13,21,26H,(H,27,28)(H2,24,25,29). The van der Waals surface area contributed by atoms with Crippen LogP contribution in [-0.4, -0.2) is 22.2 Å². The number of aromatic carboxylic acids is 1. The van der Waals surface area contributed by atoms with Crippen LogP contribution >= 0.6 is 0 Å². The third-order valence-corrected chi connectivity index (χ3v) is 4.80. The number of urea groups is 1. The molecule has 4 N–H and O–H groups in total. The van der Waals surface area contributed by atoms with Crippen molar-refractivity contribution in [1.29, 1.82) is 0 Å². The maximum absolute atomic E-state index is 12.5. The normalized spacial score (nSPS) is 16.1. The molecule has 6 heteroatoms. The van der Waals surface area contributed by atoms with Crippen molar-refractivity contribution in [1.82, 2.24) is 10.6 Å². The van der Waals surface area contributed by atoms with Crippen LogP contribution in [-0.2, 0) is 0 Å². The van der Waals surface area contributed by atoms with E-state index in [0.717, 1.165) is 16.7 Å². The highest BCUT2D eigenvalue weighted by molar-refractivity contribution is 6.03. The van der Waals surface area contributed by atoms with Crippen LogP contribution in [0.15, 0.2) is 78.9 Å². The van der Waals surface area contributed by atoms with Crippen LogP contribution in [0.25, 0.3) is 11.3 Å². The first-order valence-corrected chi connectivity index (χ1v) is 9.03. The van der Waals surface area contributed by atoms with E-state index in [4.69, 9.17) is 0 Å². The molecule has 0 aliphatic carbocycles. The van der Waals surface area contributed by atoms with Crippen molar-refractivity contribution < 1.29 is 19.8 Å². The number of aromatic hydroxyl groups is 1. The number of rotatable bonds is 4. The number of carboxylic acid groups (broad SMARTS) is 1. The predicted molar refractivity (Wildman–Crippen MR) is 109 cm³/mol. The van der Waals surface area contributed by atoms with E-state index in [1.54, 1.807) is 6.07 Å². The van der Waals surface area contributed by atoms with E-state index in [0.29, 0.717) is 11.3 Å². The number of nitrogens with one attached hydrogen (secondary N) is 2. The predicted octanol–water partition coefficient (Wildman–Crippen LogP) is 4.01. The van der Waals surface area contributed by atoms with Gasteiger partial charge in [-0.2, -0.15) is 0 Å². The third kappa shape index (κ3) is 3.55. The molecule has 0 fully saturated rings. The second-order valence-corrected chi connectivity index (χ2v) is 6.63. The minimum absolute atomic E-state index is 0.219. The first kappa shape index (κ1) is 18.3. The van der Waals surface area contributed by atoms with Crippen LogP contribution in [0.1, 0.15) is 33.1 Å². The van der Waals surface area contributed by atoms with Crippen molar-refractivity contribution in [3.05, 3.63) is 101 Å². The van der Waals surface area contributed by atoms with Crippen LogP contribution in [0.3, 0.4) is 0 Å². The molecule has 6 nitrogen and oxygen atoms in total. The Balaban J connectivity index is 1.96. The third-order valence-electron chi connectivity index (χ3n) is 4.80. The van der Waals surface area contributed by atoms with Gasteiger partial charge >= 0.3 is 12.0 Å². The number of carbonyl (C=O) groups is 2. The molecule has 0 saturated heterocycles. The van der Waals surface area contributed by atoms with Crippen LogP contribution in [0.2, 0.25) is 0 Å². The summed E-state index contributed by atoms with van der Waals surface area (Å²) in [7, 11) is 0. The van der Waals surface area contributed by atoms with Gasteiger partial charge in [0, 0.05) is 5.57 Å². The van der Waals surface area contributed by atoms with E-state index in [9.17, 15) is 19.8 Å². The van der Waals surface area contributed by atoms with Gasteiger partial charge in [0.25, 0.3) is 0 Å². The number of benzene rings is 3. The summed E-state index contributed by atoms with van der Waals surface area (Å²) in [5.41, 5.74) is 3.51. The number of hydrogen-bond acceptors (Lipinski definition) is 3. The number of carbonyl (C=O) groups excluding carboxylic acids is 1. The Hall–Kier alpha value is -4.06. The van der Waals surface area contributed by atoms with Gasteiger partial charge in [0.1, 0.15) is 11.3 Å². The highest BCUT2D eigenvalue weighted by atomic mass is 16.4. The fraction of sp³-hybridized carbons (Fsp3) is 0.0435. The first-order valence-electron chi connectivity index (χ1n) is 9.03. The van der Waals surface area contributed by atoms with E-state index in [-0.39, 0.29) is 11.3 Å². The highest BCUT2D eigenvalue weighted by Gasteiger charge is 2.30. The van der Waals surface area contributed by atoms with E-state index in [1.165, 1.54) is 12.1 Å². The Morgan fingerprint density at radius 1 is 0.862 bits per heavy atom. The lowest BCUT2D eigenvalue weighted by molar-refractivity contribution is 0.0693. The lowest BCUT2D eigenvalue weighted by atomic mass is 9.87. The van der Waals surface area contributed by atoms with Crippen LogP contribution in [0, 0.1) is 0 Å². The van der Waals surface area contributed by atoms with Crippen LogP contribution < -0.4 is 10.6 Å². The zero-order chi connectivity index (χ0) is 20.4. The molecule has 0 saturated carbocycles. The van der Waals surface area contributed by atoms with Gasteiger partial charge in [0.05, 0.1) is 11.7 Å². The van der Waals surface area contributed by atoms with Crippen molar-refractivity contribution in [2.24, 2.45) is 0 Å². The van der Waals surface area contributed by atoms with Gasteiger partial charge in [-0.15, -0.1) is 0 Å². The number of carboxylic acids is 1. The number of amides is 2. The molecular weight excluding hydrogens is 368 g/mol. The van der Waals surface area contributed by atoms with Gasteiger partial charge in [-0.05, 0) is 28.8 Å². The minimum atomic E-state index is -1.24. The molecule has 0 spiro atoms. The summed E-state index contributed by atoms with van der Waals surface area (Å²) in [4.78, 5) is 24.0. The molecule has 0 bridgehead atoms. The molecule has 0 aromatic heterocycles. The van der Waals surface area contributed by atoms with Crippen molar-refractivity contribution in [3.8, 4) is 5.75 Å². The molecule has 0 radical (unpaired) electrons. The van der Waals surface area contributed by atoms with Crippen molar-refractivity contribution in [2.45, 2.75) is 6.04 Å². The second-order valence-electron chi connectivity index (χ2n) is 6.63. The fourth-order valence-electron chi connectivity index (χ4n) is 3.48. The van der Waals surface area contributed by atoms with Gasteiger partial charge in [0.2, 0.25) is 0 Å². The summed E-state index contributed by atoms with van der Waals surface area (Å²) < 4.78 is 0. The maximum atomic E-state index is 12.5. The molecule has 144 valence electrons. The maximum Gasteiger partial charge on any atom is 0.339 e. The molecule has 3 aromatic rings. The molecule has 1 aliphatic rings. The SMILES string of the molecule is O=C1NC(c2ccccc2)=C(c2ccccc2)C(c2ccc(O)c(C(=O)O)c2)N1. The Bertz CT molecular complexity index is 1110. The van der Waals surface area contributed by atoms with E-state index >= 15 is 0 Å². The average Bonchev–Trinajstić information content (AvgIpc) is 2.74. The fourth-order valence-corrected chi connectivity index (χ4v) is 3.48. The van der Waals surface area contributed by atoms with Crippen molar-refractivity contribution in [2.75, 3.05) is 0 Å². The lowest BCUT2D eigenvalue weighted by Crippen LogP contribution is -2.43. The van der Waals surface area contributed by atoms with Crippen molar-refractivity contribution >= 4 is 23.3 Å². The summed E-state index contributed by atoms with van der Waals surface area (Å²) in [5.74, 6) is -1.56. The lowest BCUT2D eigenvalue weighted by Gasteiger charge is -2.31.